The van der Waals surface area contributed by atoms with Gasteiger partial charge >= 0.3 is 5.97 Å². The molecule has 0 saturated heterocycles. The maximum atomic E-state index is 11.9. The van der Waals surface area contributed by atoms with E-state index >= 15 is 0 Å². The van der Waals surface area contributed by atoms with Gasteiger partial charge in [-0.3, -0.25) is 4.79 Å². The second-order valence-corrected chi connectivity index (χ2v) is 5.27. The molecule has 104 valence electrons. The molecule has 0 saturated carbocycles. The number of ether oxygens (including phenoxy) is 1. The number of benzene rings is 1. The van der Waals surface area contributed by atoms with Gasteiger partial charge in [-0.05, 0) is 18.2 Å². The summed E-state index contributed by atoms with van der Waals surface area (Å²) in [5.74, 6) is -1.70. The highest BCUT2D eigenvalue weighted by atomic mass is 32.2. The molecule has 19 heavy (non-hydrogen) atoms. The highest BCUT2D eigenvalue weighted by Gasteiger charge is 2.23. The van der Waals surface area contributed by atoms with Crippen LogP contribution in [0.1, 0.15) is 10.4 Å². The average Bonchev–Trinajstić information content (AvgIpc) is 2.35. The summed E-state index contributed by atoms with van der Waals surface area (Å²) >= 11 is 0. The summed E-state index contributed by atoms with van der Waals surface area (Å²) in [4.78, 5) is 21.8. The van der Waals surface area contributed by atoms with Crippen molar-refractivity contribution in [1.29, 1.82) is 0 Å². The van der Waals surface area contributed by atoms with E-state index in [1.54, 1.807) is 0 Å². The number of methoxy groups -OCH3 is 1. The Bertz CT molecular complexity index is 612. The number of primary amides is 1. The Kier molecular flexibility index (Phi) is 4.46. The quantitative estimate of drug-likeness (QED) is 0.459. The number of carbonyl (C=O) groups is 2. The Balaban J connectivity index is 3.26. The van der Waals surface area contributed by atoms with Crippen LogP contribution < -0.4 is 16.2 Å². The Labute approximate surface area is 109 Å². The maximum absolute atomic E-state index is 11.9. The van der Waals surface area contributed by atoms with Crippen LogP contribution in [0.15, 0.2) is 23.1 Å². The third-order valence-corrected chi connectivity index (χ3v) is 3.59. The molecular formula is C10H13N3O5S. The van der Waals surface area contributed by atoms with Crippen LogP contribution in [0.3, 0.4) is 0 Å². The summed E-state index contributed by atoms with van der Waals surface area (Å²) in [6, 6.07) is 3.63. The first-order valence-corrected chi connectivity index (χ1v) is 6.52. The van der Waals surface area contributed by atoms with E-state index in [2.05, 4.69) is 4.74 Å². The lowest BCUT2D eigenvalue weighted by molar-refractivity contribution is -0.116. The summed E-state index contributed by atoms with van der Waals surface area (Å²) < 4.78 is 30.3. The molecule has 1 rings (SSSR count). The molecule has 8 nitrogen and oxygen atoms in total. The van der Waals surface area contributed by atoms with E-state index in [4.69, 9.17) is 11.5 Å². The summed E-state index contributed by atoms with van der Waals surface area (Å²) in [6.45, 7) is -0.576. The van der Waals surface area contributed by atoms with Gasteiger partial charge in [-0.15, -0.1) is 0 Å². The highest BCUT2D eigenvalue weighted by Crippen LogP contribution is 2.19. The smallest absolute Gasteiger partial charge is 0.339 e. The molecule has 9 heteroatoms. The van der Waals surface area contributed by atoms with Crippen molar-refractivity contribution in [3.8, 4) is 0 Å². The van der Waals surface area contributed by atoms with Gasteiger partial charge in [-0.1, -0.05) is 0 Å². The van der Waals surface area contributed by atoms with Crippen LogP contribution >= 0.6 is 0 Å². The number of esters is 1. The van der Waals surface area contributed by atoms with Gasteiger partial charge in [0.2, 0.25) is 15.9 Å². The number of hydrogen-bond acceptors (Lipinski definition) is 6. The monoisotopic (exact) mass is 287 g/mol. The van der Waals surface area contributed by atoms with Crippen molar-refractivity contribution < 1.29 is 22.7 Å². The third kappa shape index (κ3) is 3.66. The molecule has 0 aromatic heterocycles. The summed E-state index contributed by atoms with van der Waals surface area (Å²) in [7, 11) is -2.96. The molecular weight excluding hydrogens is 274 g/mol. The molecule has 0 spiro atoms. The van der Waals surface area contributed by atoms with Gasteiger partial charge in [0.05, 0.1) is 24.1 Å². The van der Waals surface area contributed by atoms with E-state index in [9.17, 15) is 18.0 Å². The van der Waals surface area contributed by atoms with E-state index in [1.165, 1.54) is 12.1 Å². The van der Waals surface area contributed by atoms with E-state index < -0.39 is 28.4 Å². The first-order chi connectivity index (χ1) is 8.77. The number of hydrogen-bond donors (Lipinski definition) is 3. The Morgan fingerprint density at radius 1 is 1.37 bits per heavy atom. The SMILES string of the molecule is COC(=O)c1cc(N)ccc1S(=O)(=O)NCC(N)=O. The Morgan fingerprint density at radius 3 is 2.53 bits per heavy atom. The van der Waals surface area contributed by atoms with E-state index in [0.29, 0.717) is 0 Å². The van der Waals surface area contributed by atoms with Gasteiger partial charge < -0.3 is 16.2 Å². The Morgan fingerprint density at radius 2 is 2.00 bits per heavy atom. The zero-order valence-electron chi connectivity index (χ0n) is 10.0. The molecule has 0 aliphatic heterocycles. The zero-order valence-corrected chi connectivity index (χ0v) is 10.9. The predicted molar refractivity (Wildman–Crippen MR) is 66.6 cm³/mol. The highest BCUT2D eigenvalue weighted by molar-refractivity contribution is 7.89. The second-order valence-electron chi connectivity index (χ2n) is 3.54. The Hall–Kier alpha value is -2.13. The number of anilines is 1. The van der Waals surface area contributed by atoms with Gasteiger partial charge in [0.15, 0.2) is 0 Å². The van der Waals surface area contributed by atoms with Crippen molar-refractivity contribution >= 4 is 27.6 Å². The second kappa shape index (κ2) is 5.67. The van der Waals surface area contributed by atoms with Crippen molar-refractivity contribution in [3.05, 3.63) is 23.8 Å². The standard InChI is InChI=1S/C10H13N3O5S/c1-18-10(15)7-4-6(11)2-3-8(7)19(16,17)13-5-9(12)14/h2-4,13H,5,11H2,1H3,(H2,12,14). The zero-order chi connectivity index (χ0) is 14.6. The van der Waals surface area contributed by atoms with Gasteiger partial charge in [0, 0.05) is 5.69 Å². The predicted octanol–water partition coefficient (Wildman–Crippen LogP) is -1.18. The number of rotatable bonds is 5. The minimum Gasteiger partial charge on any atom is -0.465 e. The molecule has 0 aliphatic rings. The summed E-state index contributed by atoms with van der Waals surface area (Å²) in [5.41, 5.74) is 10.3. The maximum Gasteiger partial charge on any atom is 0.339 e. The van der Waals surface area contributed by atoms with Crippen molar-refractivity contribution in [3.63, 3.8) is 0 Å². The van der Waals surface area contributed by atoms with Crippen LogP contribution in [0, 0.1) is 0 Å². The van der Waals surface area contributed by atoms with Crippen molar-refractivity contribution in [2.24, 2.45) is 5.73 Å². The van der Waals surface area contributed by atoms with Crippen LogP contribution in [-0.4, -0.2) is 33.9 Å². The first-order valence-electron chi connectivity index (χ1n) is 5.03. The van der Waals surface area contributed by atoms with E-state index in [-0.39, 0.29) is 16.1 Å². The van der Waals surface area contributed by atoms with Crippen LogP contribution in [0.25, 0.3) is 0 Å². The number of amides is 1. The normalized spacial score (nSPS) is 11.0. The first kappa shape index (κ1) is 14.9. The van der Waals surface area contributed by atoms with Crippen LogP contribution in [0.5, 0.6) is 0 Å². The summed E-state index contributed by atoms with van der Waals surface area (Å²) in [6.07, 6.45) is 0. The van der Waals surface area contributed by atoms with Gasteiger partial charge in [-0.25, -0.2) is 17.9 Å². The van der Waals surface area contributed by atoms with Crippen LogP contribution in [0.2, 0.25) is 0 Å². The number of carbonyl (C=O) groups excluding carboxylic acids is 2. The molecule has 1 amide bonds. The molecule has 5 N–H and O–H groups in total. The number of nitrogen functional groups attached to an aromatic ring is 1. The van der Waals surface area contributed by atoms with Crippen molar-refractivity contribution in [1.82, 2.24) is 4.72 Å². The molecule has 0 unspecified atom stereocenters. The van der Waals surface area contributed by atoms with Crippen molar-refractivity contribution in [2.45, 2.75) is 4.90 Å². The van der Waals surface area contributed by atoms with Crippen LogP contribution in [0.4, 0.5) is 5.69 Å². The van der Waals surface area contributed by atoms with Gasteiger partial charge in [-0.2, -0.15) is 0 Å². The molecule has 1 aromatic rings. The lowest BCUT2D eigenvalue weighted by Crippen LogP contribution is -2.34. The van der Waals surface area contributed by atoms with Gasteiger partial charge in [0.25, 0.3) is 0 Å². The van der Waals surface area contributed by atoms with Gasteiger partial charge in [0.1, 0.15) is 0 Å². The minimum absolute atomic E-state index is 0.203. The molecule has 0 atom stereocenters. The lowest BCUT2D eigenvalue weighted by Gasteiger charge is -2.10. The fourth-order valence-corrected chi connectivity index (χ4v) is 2.46. The molecule has 0 heterocycles. The van der Waals surface area contributed by atoms with E-state index in [1.807, 2.05) is 4.72 Å². The van der Waals surface area contributed by atoms with E-state index in [0.717, 1.165) is 13.2 Å². The molecule has 0 bridgehead atoms. The molecule has 0 fully saturated rings. The fourth-order valence-electron chi connectivity index (χ4n) is 1.30. The third-order valence-electron chi connectivity index (χ3n) is 2.13. The van der Waals surface area contributed by atoms with Crippen LogP contribution in [-0.2, 0) is 19.6 Å². The topological polar surface area (TPSA) is 142 Å². The molecule has 0 aliphatic carbocycles. The number of sulfonamides is 1. The number of nitrogens with two attached hydrogens (primary N) is 2. The lowest BCUT2D eigenvalue weighted by atomic mass is 10.2. The summed E-state index contributed by atoms with van der Waals surface area (Å²) in [5, 5.41) is 0. The van der Waals surface area contributed by atoms with Crippen molar-refractivity contribution in [2.75, 3.05) is 19.4 Å². The fraction of sp³-hybridized carbons (Fsp3) is 0.200. The largest absolute Gasteiger partial charge is 0.465 e. The average molecular weight is 287 g/mol. The molecule has 1 aromatic carbocycles. The minimum atomic E-state index is -4.07. The number of nitrogens with one attached hydrogen (secondary N) is 1. The molecule has 0 radical (unpaired) electrons.